The fraction of sp³-hybridized carbons (Fsp3) is 0.390. The zero-order valence-corrected chi connectivity index (χ0v) is 25.9. The van der Waals surface area contributed by atoms with Crippen LogP contribution in [-0.4, -0.2) is 15.8 Å². The van der Waals surface area contributed by atoms with Gasteiger partial charge in [0.15, 0.2) is 5.96 Å². The minimum absolute atomic E-state index is 0.212. The molecule has 0 spiro atoms. The second-order valence-electron chi connectivity index (χ2n) is 13.6. The van der Waals surface area contributed by atoms with Gasteiger partial charge < -0.3 is 9.80 Å². The molecule has 4 aromatic rings. The van der Waals surface area contributed by atoms with E-state index in [2.05, 4.69) is 107 Å². The second kappa shape index (κ2) is 11.9. The van der Waals surface area contributed by atoms with Crippen molar-refractivity contribution in [2.75, 3.05) is 0 Å². The number of rotatable bonds is 4. The highest BCUT2D eigenvalue weighted by molar-refractivity contribution is 5.80. The number of benzene rings is 4. The Morgan fingerprint density at radius 1 is 0.409 bits per heavy atom. The van der Waals surface area contributed by atoms with Gasteiger partial charge >= 0.3 is 0 Å². The summed E-state index contributed by atoms with van der Waals surface area (Å²) in [5, 5.41) is 10.6. The highest BCUT2D eigenvalue weighted by Gasteiger charge is 2.42. The summed E-state index contributed by atoms with van der Waals surface area (Å²) in [5.41, 5.74) is 11.7. The molecule has 44 heavy (non-hydrogen) atoms. The van der Waals surface area contributed by atoms with Crippen molar-refractivity contribution >= 4 is 5.96 Å². The molecule has 0 heterocycles. The van der Waals surface area contributed by atoms with Crippen LogP contribution in [0.4, 0.5) is 0 Å². The van der Waals surface area contributed by atoms with Crippen molar-refractivity contribution in [1.29, 1.82) is 5.41 Å². The Balaban J connectivity index is 1.31. The van der Waals surface area contributed by atoms with Crippen molar-refractivity contribution in [2.24, 2.45) is 0 Å². The monoisotopic (exact) mass is 579 g/mol. The van der Waals surface area contributed by atoms with E-state index in [4.69, 9.17) is 0 Å². The van der Waals surface area contributed by atoms with Gasteiger partial charge in [-0.05, 0) is 122 Å². The van der Waals surface area contributed by atoms with E-state index in [1.54, 1.807) is 0 Å². The first kappa shape index (κ1) is 27.7. The Hall–Kier alpha value is -3.85. The minimum Gasteiger partial charge on any atom is -0.329 e. The molecule has 224 valence electrons. The van der Waals surface area contributed by atoms with E-state index in [-0.39, 0.29) is 24.2 Å². The Morgan fingerprint density at radius 2 is 0.659 bits per heavy atom. The first-order valence-electron chi connectivity index (χ1n) is 17.2. The molecule has 4 aliphatic rings. The number of nitrogens with zero attached hydrogens (tertiary/aromatic N) is 2. The van der Waals surface area contributed by atoms with Crippen LogP contribution >= 0.6 is 0 Å². The highest BCUT2D eigenvalue weighted by Crippen LogP contribution is 2.48. The molecular weight excluding hydrogens is 534 g/mol. The molecule has 4 unspecified atom stereocenters. The summed E-state index contributed by atoms with van der Waals surface area (Å²) in [7, 11) is 0. The number of aryl methyl sites for hydroxylation is 4. The van der Waals surface area contributed by atoms with Crippen molar-refractivity contribution in [3.63, 3.8) is 0 Å². The molecule has 0 radical (unpaired) electrons. The maximum Gasteiger partial charge on any atom is 0.195 e. The molecule has 4 aliphatic carbocycles. The maximum atomic E-state index is 10.6. The normalized spacial score (nSPS) is 23.8. The molecule has 3 nitrogen and oxygen atoms in total. The van der Waals surface area contributed by atoms with Crippen molar-refractivity contribution in [3.05, 3.63) is 142 Å². The van der Waals surface area contributed by atoms with E-state index in [0.29, 0.717) is 0 Å². The topological polar surface area (TPSA) is 30.3 Å². The molecule has 0 saturated heterocycles. The van der Waals surface area contributed by atoms with Crippen LogP contribution < -0.4 is 0 Å². The van der Waals surface area contributed by atoms with Gasteiger partial charge in [-0.2, -0.15) is 0 Å². The summed E-state index contributed by atoms with van der Waals surface area (Å²) in [6.07, 6.45) is 13.7. The van der Waals surface area contributed by atoms with Crippen LogP contribution in [0.2, 0.25) is 0 Å². The van der Waals surface area contributed by atoms with Gasteiger partial charge in [0.1, 0.15) is 0 Å². The van der Waals surface area contributed by atoms with Crippen LogP contribution in [0.25, 0.3) is 0 Å². The third-order valence-corrected chi connectivity index (χ3v) is 11.2. The first-order chi connectivity index (χ1) is 21.8. The Kier molecular flexibility index (Phi) is 7.50. The van der Waals surface area contributed by atoms with Gasteiger partial charge in [0.25, 0.3) is 0 Å². The van der Waals surface area contributed by atoms with E-state index in [0.717, 1.165) is 57.3 Å². The van der Waals surface area contributed by atoms with Crippen molar-refractivity contribution < 1.29 is 0 Å². The summed E-state index contributed by atoms with van der Waals surface area (Å²) >= 11 is 0. The fourth-order valence-corrected chi connectivity index (χ4v) is 9.23. The van der Waals surface area contributed by atoms with Crippen molar-refractivity contribution in [3.8, 4) is 0 Å². The van der Waals surface area contributed by atoms with Gasteiger partial charge in [-0.3, -0.25) is 5.41 Å². The molecule has 0 aliphatic heterocycles. The van der Waals surface area contributed by atoms with Crippen LogP contribution in [0.5, 0.6) is 0 Å². The number of fused-ring (bicyclic) bond motifs is 4. The smallest absolute Gasteiger partial charge is 0.195 e. The Morgan fingerprint density at radius 3 is 0.932 bits per heavy atom. The zero-order chi connectivity index (χ0) is 29.5. The van der Waals surface area contributed by atoms with E-state index in [9.17, 15) is 5.41 Å². The van der Waals surface area contributed by atoms with Gasteiger partial charge in [-0.15, -0.1) is 0 Å². The predicted octanol–water partition coefficient (Wildman–Crippen LogP) is 9.84. The molecule has 4 atom stereocenters. The molecule has 0 fully saturated rings. The summed E-state index contributed by atoms with van der Waals surface area (Å²) in [6.45, 7) is 0. The van der Waals surface area contributed by atoms with E-state index in [1.165, 1.54) is 70.2 Å². The zero-order valence-electron chi connectivity index (χ0n) is 25.9. The lowest BCUT2D eigenvalue weighted by Gasteiger charge is -2.51. The van der Waals surface area contributed by atoms with Crippen LogP contribution in [0.3, 0.4) is 0 Å². The molecule has 8 rings (SSSR count). The van der Waals surface area contributed by atoms with Crippen LogP contribution in [0.1, 0.15) is 120 Å². The van der Waals surface area contributed by atoms with Gasteiger partial charge in [0.05, 0.1) is 24.2 Å². The fourth-order valence-electron chi connectivity index (χ4n) is 9.23. The minimum atomic E-state index is 0.212. The average Bonchev–Trinajstić information content (AvgIpc) is 3.09. The van der Waals surface area contributed by atoms with E-state index < -0.39 is 0 Å². The maximum absolute atomic E-state index is 10.6. The average molecular weight is 580 g/mol. The van der Waals surface area contributed by atoms with Gasteiger partial charge in [0, 0.05) is 0 Å². The third kappa shape index (κ3) is 4.85. The highest BCUT2D eigenvalue weighted by atomic mass is 15.4. The molecule has 3 heteroatoms. The van der Waals surface area contributed by atoms with Crippen LogP contribution in [-0.2, 0) is 25.7 Å². The lowest BCUT2D eigenvalue weighted by molar-refractivity contribution is 0.120. The molecule has 0 amide bonds. The third-order valence-electron chi connectivity index (χ3n) is 11.2. The van der Waals surface area contributed by atoms with Crippen LogP contribution in [0.15, 0.2) is 97.1 Å². The summed E-state index contributed by atoms with van der Waals surface area (Å²) in [4.78, 5) is 5.26. The number of guanidine groups is 1. The number of hydrogen-bond donors (Lipinski definition) is 1. The lowest BCUT2D eigenvalue weighted by atomic mass is 9.80. The predicted molar refractivity (Wildman–Crippen MR) is 180 cm³/mol. The standard InChI is InChI=1S/C41H45N3/c42-41(43(37-25-9-17-29-13-1-5-21-33(29)37)38-26-10-18-30-14-2-6-22-34(30)38)44(39-27-11-19-31-15-3-7-23-35(31)39)40-28-12-20-32-16-4-8-24-36(32)40/h1-8,13-16,21-24,37-40,42H,9-12,17-20,25-28H2. The second-order valence-corrected chi connectivity index (χ2v) is 13.6. The summed E-state index contributed by atoms with van der Waals surface area (Å²) in [5.74, 6) is 0.747. The SMILES string of the molecule is N=C(N(C1CCCc2ccccc21)C1CCCc2ccccc21)N(C1CCCc2ccccc21)C1CCCc2ccccc21. The van der Waals surface area contributed by atoms with Gasteiger partial charge in [-0.25, -0.2) is 0 Å². The van der Waals surface area contributed by atoms with Crippen molar-refractivity contribution in [2.45, 2.75) is 101 Å². The van der Waals surface area contributed by atoms with Gasteiger partial charge in [0.2, 0.25) is 0 Å². The molecule has 0 aromatic heterocycles. The Bertz CT molecular complexity index is 1420. The summed E-state index contributed by atoms with van der Waals surface area (Å²) < 4.78 is 0. The summed E-state index contributed by atoms with van der Waals surface area (Å²) in [6, 6.07) is 37.4. The quantitative estimate of drug-likeness (QED) is 0.193. The lowest BCUT2D eigenvalue weighted by Crippen LogP contribution is -2.51. The number of nitrogens with one attached hydrogen (secondary N) is 1. The van der Waals surface area contributed by atoms with Crippen molar-refractivity contribution in [1.82, 2.24) is 9.80 Å². The molecule has 0 bridgehead atoms. The molecule has 1 N–H and O–H groups in total. The van der Waals surface area contributed by atoms with Crippen LogP contribution in [0, 0.1) is 5.41 Å². The first-order valence-corrected chi connectivity index (χ1v) is 17.2. The number of hydrogen-bond acceptors (Lipinski definition) is 1. The van der Waals surface area contributed by atoms with E-state index in [1.807, 2.05) is 0 Å². The largest absolute Gasteiger partial charge is 0.329 e. The van der Waals surface area contributed by atoms with E-state index >= 15 is 0 Å². The molecule has 0 saturated carbocycles. The molecule has 4 aromatic carbocycles. The Labute approximate surface area is 263 Å². The van der Waals surface area contributed by atoms with Gasteiger partial charge in [-0.1, -0.05) is 97.1 Å². The molecular formula is C41H45N3.